The summed E-state index contributed by atoms with van der Waals surface area (Å²) in [4.78, 5) is 23.2. The normalized spacial score (nSPS) is 24.5. The summed E-state index contributed by atoms with van der Waals surface area (Å²) in [5.74, 6) is -0.439. The van der Waals surface area contributed by atoms with E-state index in [4.69, 9.17) is 7.85 Å². The van der Waals surface area contributed by atoms with Crippen LogP contribution >= 0.6 is 0 Å². The van der Waals surface area contributed by atoms with Gasteiger partial charge in [-0.05, 0) is 19.1 Å². The molecule has 5 nitrogen and oxygen atoms in total. The lowest BCUT2D eigenvalue weighted by molar-refractivity contribution is -0.122. The van der Waals surface area contributed by atoms with Crippen LogP contribution in [0.2, 0.25) is 0 Å². The van der Waals surface area contributed by atoms with Gasteiger partial charge in [-0.15, -0.1) is 0 Å². The zero-order valence-corrected chi connectivity index (χ0v) is 10.5. The van der Waals surface area contributed by atoms with Crippen molar-refractivity contribution < 1.29 is 13.8 Å². The van der Waals surface area contributed by atoms with Crippen LogP contribution in [0, 0.1) is 0 Å². The van der Waals surface area contributed by atoms with Crippen molar-refractivity contribution in [2.24, 2.45) is 0 Å². The second kappa shape index (κ2) is 4.57. The van der Waals surface area contributed by atoms with E-state index in [1.807, 2.05) is 0 Å². The SMILES string of the molecule is [B]c1ccc(S(=O)CC2(C)NC(=O)NC2=O)cc1. The van der Waals surface area contributed by atoms with Gasteiger partial charge in [-0.25, -0.2) is 4.79 Å². The van der Waals surface area contributed by atoms with Crippen molar-refractivity contribution in [3.63, 3.8) is 0 Å². The van der Waals surface area contributed by atoms with Crippen LogP contribution in [-0.4, -0.2) is 35.3 Å². The van der Waals surface area contributed by atoms with Gasteiger partial charge in [0.2, 0.25) is 0 Å². The number of hydrogen-bond acceptors (Lipinski definition) is 3. The van der Waals surface area contributed by atoms with Crippen molar-refractivity contribution in [2.75, 3.05) is 5.75 Å². The van der Waals surface area contributed by atoms with E-state index in [0.717, 1.165) is 0 Å². The lowest BCUT2D eigenvalue weighted by Crippen LogP contribution is -2.48. The Morgan fingerprint density at radius 3 is 2.39 bits per heavy atom. The van der Waals surface area contributed by atoms with Gasteiger partial charge in [0.25, 0.3) is 5.91 Å². The molecule has 2 unspecified atom stereocenters. The number of imide groups is 1. The van der Waals surface area contributed by atoms with Crippen molar-refractivity contribution in [3.8, 4) is 0 Å². The van der Waals surface area contributed by atoms with Crippen LogP contribution in [-0.2, 0) is 15.6 Å². The summed E-state index contributed by atoms with van der Waals surface area (Å²) in [5, 5.41) is 4.60. The molecule has 0 bridgehead atoms. The van der Waals surface area contributed by atoms with E-state index in [0.29, 0.717) is 10.4 Å². The van der Waals surface area contributed by atoms with Gasteiger partial charge in [0.1, 0.15) is 13.4 Å². The first-order valence-corrected chi connectivity index (χ1v) is 6.60. The van der Waals surface area contributed by atoms with E-state index in [1.54, 1.807) is 31.2 Å². The average Bonchev–Trinajstić information content (AvgIpc) is 2.53. The number of nitrogens with one attached hydrogen (secondary N) is 2. The maximum absolute atomic E-state index is 12.1. The van der Waals surface area contributed by atoms with Crippen molar-refractivity contribution >= 4 is 36.0 Å². The summed E-state index contributed by atoms with van der Waals surface area (Å²) in [6.45, 7) is 1.54. The Labute approximate surface area is 108 Å². The Kier molecular flexibility index (Phi) is 3.25. The predicted octanol–water partition coefficient (Wildman–Crippen LogP) is -0.814. The van der Waals surface area contributed by atoms with Crippen LogP contribution in [0.25, 0.3) is 0 Å². The molecule has 2 atom stereocenters. The Morgan fingerprint density at radius 2 is 1.89 bits per heavy atom. The van der Waals surface area contributed by atoms with Crippen LogP contribution < -0.4 is 16.1 Å². The quantitative estimate of drug-likeness (QED) is 0.552. The Morgan fingerprint density at radius 1 is 1.28 bits per heavy atom. The maximum Gasteiger partial charge on any atom is 0.322 e. The summed E-state index contributed by atoms with van der Waals surface area (Å²) in [5.41, 5.74) is -0.558. The standard InChI is InChI=1S/C11H11BN2O3S/c1-11(9(15)13-10(16)14-11)6-18(17)8-4-2-7(12)3-5-8/h2-5H,6H2,1H3,(H2,13,14,15,16). The molecule has 1 aliphatic heterocycles. The maximum atomic E-state index is 12.1. The second-order valence-electron chi connectivity index (χ2n) is 4.30. The minimum atomic E-state index is -1.39. The van der Waals surface area contributed by atoms with Gasteiger partial charge in [0, 0.05) is 4.90 Å². The zero-order valence-electron chi connectivity index (χ0n) is 9.73. The fourth-order valence-electron chi connectivity index (χ4n) is 1.65. The molecule has 1 aromatic rings. The minimum Gasteiger partial charge on any atom is -0.323 e. The highest BCUT2D eigenvalue weighted by molar-refractivity contribution is 7.85. The van der Waals surface area contributed by atoms with E-state index < -0.39 is 28.3 Å². The Balaban J connectivity index is 2.14. The molecule has 1 aliphatic rings. The molecule has 0 aliphatic carbocycles. The first kappa shape index (κ1) is 12.8. The molecule has 7 heteroatoms. The smallest absolute Gasteiger partial charge is 0.322 e. The predicted molar refractivity (Wildman–Crippen MR) is 68.2 cm³/mol. The minimum absolute atomic E-state index is 0.0223. The highest BCUT2D eigenvalue weighted by Gasteiger charge is 2.43. The Bertz CT molecular complexity index is 532. The second-order valence-corrected chi connectivity index (χ2v) is 5.75. The van der Waals surface area contributed by atoms with Gasteiger partial charge in [0.15, 0.2) is 0 Å². The van der Waals surface area contributed by atoms with Gasteiger partial charge in [-0.1, -0.05) is 17.6 Å². The molecule has 18 heavy (non-hydrogen) atoms. The molecular weight excluding hydrogens is 251 g/mol. The van der Waals surface area contributed by atoms with Crippen molar-refractivity contribution in [1.29, 1.82) is 0 Å². The van der Waals surface area contributed by atoms with Crippen LogP contribution in [0.3, 0.4) is 0 Å². The van der Waals surface area contributed by atoms with Gasteiger partial charge in [-0.3, -0.25) is 14.3 Å². The highest BCUT2D eigenvalue weighted by atomic mass is 32.2. The third-order valence-corrected chi connectivity index (χ3v) is 4.32. The molecule has 0 saturated carbocycles. The fraction of sp³-hybridized carbons (Fsp3) is 0.273. The monoisotopic (exact) mass is 262 g/mol. The van der Waals surface area contributed by atoms with Crippen molar-refractivity contribution in [2.45, 2.75) is 17.4 Å². The molecule has 3 amide bonds. The zero-order chi connectivity index (χ0) is 13.3. The molecule has 1 heterocycles. The van der Waals surface area contributed by atoms with E-state index >= 15 is 0 Å². The number of carbonyl (C=O) groups excluding carboxylic acids is 2. The molecule has 0 aromatic heterocycles. The van der Waals surface area contributed by atoms with Crippen LogP contribution in [0.4, 0.5) is 4.79 Å². The summed E-state index contributed by atoms with van der Waals surface area (Å²) >= 11 is 0. The first-order chi connectivity index (χ1) is 8.40. The molecule has 1 saturated heterocycles. The van der Waals surface area contributed by atoms with Crippen molar-refractivity contribution in [1.82, 2.24) is 10.6 Å². The number of benzene rings is 1. The fourth-order valence-corrected chi connectivity index (χ4v) is 2.98. The molecule has 2 rings (SSSR count). The molecule has 1 aromatic carbocycles. The summed E-state index contributed by atoms with van der Waals surface area (Å²) < 4.78 is 12.1. The molecule has 0 spiro atoms. The van der Waals surface area contributed by atoms with Crippen molar-refractivity contribution in [3.05, 3.63) is 24.3 Å². The molecule has 2 N–H and O–H groups in total. The lowest BCUT2D eigenvalue weighted by Gasteiger charge is -2.19. The number of rotatable bonds is 3. The largest absolute Gasteiger partial charge is 0.323 e. The molecule has 2 radical (unpaired) electrons. The van der Waals surface area contributed by atoms with Crippen LogP contribution in [0.5, 0.6) is 0 Å². The number of urea groups is 1. The van der Waals surface area contributed by atoms with E-state index in [1.165, 1.54) is 0 Å². The summed E-state index contributed by atoms with van der Waals surface area (Å²) in [6, 6.07) is 6.01. The van der Waals surface area contributed by atoms with Gasteiger partial charge in [-0.2, -0.15) is 0 Å². The van der Waals surface area contributed by atoms with E-state index in [-0.39, 0.29) is 5.75 Å². The Hall–Kier alpha value is -1.63. The van der Waals surface area contributed by atoms with Crippen LogP contribution in [0.15, 0.2) is 29.2 Å². The van der Waals surface area contributed by atoms with Crippen LogP contribution in [0.1, 0.15) is 6.92 Å². The molecule has 1 fully saturated rings. The topological polar surface area (TPSA) is 75.3 Å². The highest BCUT2D eigenvalue weighted by Crippen LogP contribution is 2.15. The molecule has 92 valence electrons. The number of carbonyl (C=O) groups is 2. The average molecular weight is 262 g/mol. The van der Waals surface area contributed by atoms with Gasteiger partial charge in [0.05, 0.1) is 16.6 Å². The van der Waals surface area contributed by atoms with Gasteiger partial charge >= 0.3 is 6.03 Å². The summed E-state index contributed by atoms with van der Waals surface area (Å²) in [6.07, 6.45) is 0. The molecular formula is C11H11BN2O3S. The third-order valence-electron chi connectivity index (χ3n) is 2.68. The number of hydrogen-bond donors (Lipinski definition) is 2. The lowest BCUT2D eigenvalue weighted by atomic mass is 9.97. The van der Waals surface area contributed by atoms with E-state index in [2.05, 4.69) is 10.6 Å². The van der Waals surface area contributed by atoms with Gasteiger partial charge < -0.3 is 5.32 Å². The third kappa shape index (κ3) is 2.45. The van der Waals surface area contributed by atoms with E-state index in [9.17, 15) is 13.8 Å². The summed E-state index contributed by atoms with van der Waals surface area (Å²) in [7, 11) is 4.15. The number of amides is 3. The first-order valence-electron chi connectivity index (χ1n) is 5.28.